The average Bonchev–Trinajstić information content (AvgIpc) is 3.35. The Hall–Kier alpha value is -3.62. The van der Waals surface area contributed by atoms with E-state index >= 15 is 0 Å². The van der Waals surface area contributed by atoms with Crippen LogP contribution in [-0.4, -0.2) is 33.4 Å². The topological polar surface area (TPSA) is 88.3 Å². The summed E-state index contributed by atoms with van der Waals surface area (Å²) in [4.78, 5) is 30.3. The Labute approximate surface area is 170 Å². The second-order valence-corrected chi connectivity index (χ2v) is 7.04. The normalized spacial score (nSPS) is 16.1. The molecule has 1 saturated heterocycles. The molecule has 1 atom stereocenters. The van der Waals surface area contributed by atoms with Crippen molar-refractivity contribution in [3.05, 3.63) is 83.0 Å². The lowest BCUT2D eigenvalue weighted by Crippen LogP contribution is -2.24. The lowest BCUT2D eigenvalue weighted by atomic mass is 10.1. The number of halogens is 2. The molecule has 2 heterocycles. The summed E-state index contributed by atoms with van der Waals surface area (Å²) in [5, 5.41) is 6.56. The molecule has 2 amide bonds. The van der Waals surface area contributed by atoms with Crippen molar-refractivity contribution in [2.75, 3.05) is 6.54 Å². The Kier molecular flexibility index (Phi) is 5.51. The van der Waals surface area contributed by atoms with Crippen LogP contribution in [0, 0.1) is 11.6 Å². The van der Waals surface area contributed by atoms with Crippen molar-refractivity contribution < 1.29 is 22.9 Å². The molecule has 2 aromatic carbocycles. The van der Waals surface area contributed by atoms with Gasteiger partial charge in [0.15, 0.2) is 5.82 Å². The maximum Gasteiger partial charge on any atom is 0.251 e. The molecule has 0 spiro atoms. The third-order valence-corrected chi connectivity index (χ3v) is 4.86. The number of benzene rings is 2. The second-order valence-electron chi connectivity index (χ2n) is 7.04. The third-order valence-electron chi connectivity index (χ3n) is 4.86. The molecule has 1 aromatic heterocycles. The molecule has 9 heteroatoms. The van der Waals surface area contributed by atoms with Gasteiger partial charge in [-0.05, 0) is 42.0 Å². The molecule has 7 nitrogen and oxygen atoms in total. The van der Waals surface area contributed by atoms with Gasteiger partial charge < -0.3 is 14.7 Å². The highest BCUT2D eigenvalue weighted by atomic mass is 19.1. The van der Waals surface area contributed by atoms with Crippen LogP contribution in [0.25, 0.3) is 0 Å². The van der Waals surface area contributed by atoms with Gasteiger partial charge in [-0.3, -0.25) is 9.59 Å². The minimum absolute atomic E-state index is 0.0170. The second kappa shape index (κ2) is 8.40. The number of nitrogens with one attached hydrogen (secondary N) is 1. The van der Waals surface area contributed by atoms with Gasteiger partial charge in [0.1, 0.15) is 11.6 Å². The van der Waals surface area contributed by atoms with Crippen LogP contribution in [0.3, 0.4) is 0 Å². The van der Waals surface area contributed by atoms with Crippen molar-refractivity contribution in [1.29, 1.82) is 0 Å². The van der Waals surface area contributed by atoms with Crippen molar-refractivity contribution in [3.63, 3.8) is 0 Å². The number of carbonyl (C=O) groups is 2. The van der Waals surface area contributed by atoms with Crippen LogP contribution < -0.4 is 5.32 Å². The molecular formula is C21H18F2N4O3. The summed E-state index contributed by atoms with van der Waals surface area (Å²) in [6.07, 6.45) is 0.252. The molecule has 0 bridgehead atoms. The zero-order valence-electron chi connectivity index (χ0n) is 15.8. The van der Waals surface area contributed by atoms with Crippen molar-refractivity contribution in [2.24, 2.45) is 0 Å². The molecule has 1 fully saturated rings. The van der Waals surface area contributed by atoms with Crippen LogP contribution in [0.15, 0.2) is 53.1 Å². The van der Waals surface area contributed by atoms with Gasteiger partial charge in [0.25, 0.3) is 5.91 Å². The Balaban J connectivity index is 1.33. The number of amides is 2. The van der Waals surface area contributed by atoms with E-state index in [-0.39, 0.29) is 36.5 Å². The first-order chi connectivity index (χ1) is 14.5. The van der Waals surface area contributed by atoms with Gasteiger partial charge in [0.05, 0.1) is 6.54 Å². The summed E-state index contributed by atoms with van der Waals surface area (Å²) in [5.74, 6) is -0.788. The fourth-order valence-electron chi connectivity index (χ4n) is 3.27. The Morgan fingerprint density at radius 3 is 2.47 bits per heavy atom. The molecule has 1 aliphatic heterocycles. The van der Waals surface area contributed by atoms with Crippen LogP contribution in [0.4, 0.5) is 8.78 Å². The summed E-state index contributed by atoms with van der Waals surface area (Å²) < 4.78 is 31.2. The quantitative estimate of drug-likeness (QED) is 0.673. The first-order valence-electron chi connectivity index (χ1n) is 9.36. The van der Waals surface area contributed by atoms with Crippen molar-refractivity contribution in [3.8, 4) is 0 Å². The van der Waals surface area contributed by atoms with Gasteiger partial charge in [-0.1, -0.05) is 17.3 Å². The molecule has 0 unspecified atom stereocenters. The van der Waals surface area contributed by atoms with E-state index < -0.39 is 11.7 Å². The van der Waals surface area contributed by atoms with Gasteiger partial charge in [-0.2, -0.15) is 4.98 Å². The Bertz CT molecular complexity index is 1050. The van der Waals surface area contributed by atoms with E-state index in [1.54, 1.807) is 17.0 Å². The highest BCUT2D eigenvalue weighted by Gasteiger charge is 2.33. The van der Waals surface area contributed by atoms with Crippen LogP contribution in [-0.2, 0) is 17.9 Å². The van der Waals surface area contributed by atoms with E-state index in [0.717, 1.165) is 5.56 Å². The van der Waals surface area contributed by atoms with Gasteiger partial charge >= 0.3 is 0 Å². The molecule has 1 N–H and O–H groups in total. The SMILES string of the molecule is O=C(NCc1nc([C@@H]2CC(=O)N(Cc3ccc(F)cc3)C2)no1)c1ccc(F)cc1. The van der Waals surface area contributed by atoms with Crippen LogP contribution in [0.1, 0.15) is 40.0 Å². The third kappa shape index (κ3) is 4.51. The predicted molar refractivity (Wildman–Crippen MR) is 101 cm³/mol. The fourth-order valence-corrected chi connectivity index (χ4v) is 3.27. The number of hydrogen-bond acceptors (Lipinski definition) is 5. The first kappa shape index (κ1) is 19.7. The zero-order valence-corrected chi connectivity index (χ0v) is 15.8. The summed E-state index contributed by atoms with van der Waals surface area (Å²) >= 11 is 0. The zero-order chi connectivity index (χ0) is 21.1. The van der Waals surface area contributed by atoms with Crippen LogP contribution >= 0.6 is 0 Å². The monoisotopic (exact) mass is 412 g/mol. The van der Waals surface area contributed by atoms with E-state index in [1.165, 1.54) is 36.4 Å². The largest absolute Gasteiger partial charge is 0.343 e. The van der Waals surface area contributed by atoms with Crippen molar-refractivity contribution in [1.82, 2.24) is 20.4 Å². The molecule has 0 radical (unpaired) electrons. The number of aromatic nitrogens is 2. The molecule has 154 valence electrons. The Morgan fingerprint density at radius 1 is 1.10 bits per heavy atom. The molecule has 0 saturated carbocycles. The Morgan fingerprint density at radius 2 is 1.77 bits per heavy atom. The first-order valence-corrected chi connectivity index (χ1v) is 9.36. The minimum atomic E-state index is -0.423. The van der Waals surface area contributed by atoms with E-state index in [9.17, 15) is 18.4 Å². The van der Waals surface area contributed by atoms with Crippen molar-refractivity contribution >= 4 is 11.8 Å². The maximum absolute atomic E-state index is 13.0. The molecule has 1 aliphatic rings. The lowest BCUT2D eigenvalue weighted by molar-refractivity contribution is -0.128. The highest BCUT2D eigenvalue weighted by Crippen LogP contribution is 2.27. The molecule has 4 rings (SSSR count). The molecular weight excluding hydrogens is 394 g/mol. The van der Waals surface area contributed by atoms with E-state index in [1.807, 2.05) is 0 Å². The van der Waals surface area contributed by atoms with E-state index in [2.05, 4.69) is 15.5 Å². The average molecular weight is 412 g/mol. The highest BCUT2D eigenvalue weighted by molar-refractivity contribution is 5.94. The number of hydrogen-bond donors (Lipinski definition) is 1. The standard InChI is InChI=1S/C21H18F2N4O3/c22-16-5-1-13(2-6-16)11-27-12-15(9-19(27)28)20-25-18(30-26-20)10-24-21(29)14-3-7-17(23)8-4-14/h1-8,15H,9-12H2,(H,24,29)/t15-/m1/s1. The maximum atomic E-state index is 13.0. The summed E-state index contributed by atoms with van der Waals surface area (Å²) in [6.45, 7) is 0.828. The van der Waals surface area contributed by atoms with Gasteiger partial charge in [-0.15, -0.1) is 0 Å². The van der Waals surface area contributed by atoms with Gasteiger partial charge in [0.2, 0.25) is 11.8 Å². The predicted octanol–water partition coefficient (Wildman–Crippen LogP) is 2.79. The summed E-state index contributed by atoms with van der Waals surface area (Å²) in [7, 11) is 0. The summed E-state index contributed by atoms with van der Waals surface area (Å²) in [5.41, 5.74) is 1.15. The number of carbonyl (C=O) groups excluding carboxylic acids is 2. The van der Waals surface area contributed by atoms with Crippen LogP contribution in [0.2, 0.25) is 0 Å². The minimum Gasteiger partial charge on any atom is -0.343 e. The molecule has 3 aromatic rings. The van der Waals surface area contributed by atoms with E-state index in [4.69, 9.17) is 4.52 Å². The lowest BCUT2D eigenvalue weighted by Gasteiger charge is -2.16. The van der Waals surface area contributed by atoms with E-state index in [0.29, 0.717) is 24.5 Å². The van der Waals surface area contributed by atoms with Gasteiger partial charge in [-0.25, -0.2) is 8.78 Å². The molecule has 30 heavy (non-hydrogen) atoms. The fraction of sp³-hybridized carbons (Fsp3) is 0.238. The summed E-state index contributed by atoms with van der Waals surface area (Å²) in [6, 6.07) is 11.2. The smallest absolute Gasteiger partial charge is 0.251 e. The van der Waals surface area contributed by atoms with Crippen LogP contribution in [0.5, 0.6) is 0 Å². The number of nitrogens with zero attached hydrogens (tertiary/aromatic N) is 3. The van der Waals surface area contributed by atoms with Gasteiger partial charge in [0, 0.05) is 31.0 Å². The molecule has 0 aliphatic carbocycles. The number of rotatable bonds is 6. The van der Waals surface area contributed by atoms with Crippen molar-refractivity contribution in [2.45, 2.75) is 25.4 Å². The number of likely N-dealkylation sites (tertiary alicyclic amines) is 1.